The van der Waals surface area contributed by atoms with Crippen LogP contribution in [0.4, 0.5) is 5.82 Å². The van der Waals surface area contributed by atoms with Gasteiger partial charge in [-0.25, -0.2) is 0 Å². The van der Waals surface area contributed by atoms with Crippen LogP contribution in [0.5, 0.6) is 0 Å². The number of hydrogen-bond acceptors (Lipinski definition) is 4. The molecule has 0 aromatic carbocycles. The third kappa shape index (κ3) is 1.78. The Balaban J connectivity index is 2.26. The Bertz CT molecular complexity index is 369. The standard InChI is InChI=1S/C11H14N4/c1-8-3-4-9(2)15(8)11-6-5-10(7-12)13-14-11/h5-6,8-9H,3-4H2,1-2H3. The van der Waals surface area contributed by atoms with Gasteiger partial charge >= 0.3 is 0 Å². The van der Waals surface area contributed by atoms with Crippen LogP contribution in [0.3, 0.4) is 0 Å². The Morgan fingerprint density at radius 2 is 1.93 bits per heavy atom. The maximum atomic E-state index is 8.63. The molecule has 1 saturated heterocycles. The minimum Gasteiger partial charge on any atom is -0.350 e. The Morgan fingerprint density at radius 3 is 2.40 bits per heavy atom. The van der Waals surface area contributed by atoms with Gasteiger partial charge < -0.3 is 4.90 Å². The molecule has 0 N–H and O–H groups in total. The fraction of sp³-hybridized carbons (Fsp3) is 0.545. The molecule has 2 heterocycles. The van der Waals surface area contributed by atoms with Gasteiger partial charge in [-0.2, -0.15) is 5.26 Å². The van der Waals surface area contributed by atoms with Crippen LogP contribution < -0.4 is 4.90 Å². The van der Waals surface area contributed by atoms with Crippen LogP contribution in [0.25, 0.3) is 0 Å². The van der Waals surface area contributed by atoms with Crippen LogP contribution in [0, 0.1) is 11.3 Å². The lowest BCUT2D eigenvalue weighted by Crippen LogP contribution is -2.33. The van der Waals surface area contributed by atoms with Crippen molar-refractivity contribution in [2.45, 2.75) is 38.8 Å². The summed E-state index contributed by atoms with van der Waals surface area (Å²) in [4.78, 5) is 2.27. The fourth-order valence-corrected chi connectivity index (χ4v) is 2.17. The molecular weight excluding hydrogens is 188 g/mol. The van der Waals surface area contributed by atoms with Crippen LogP contribution >= 0.6 is 0 Å². The van der Waals surface area contributed by atoms with E-state index in [-0.39, 0.29) is 0 Å². The zero-order valence-electron chi connectivity index (χ0n) is 9.01. The molecular formula is C11H14N4. The first-order valence-corrected chi connectivity index (χ1v) is 5.24. The summed E-state index contributed by atoms with van der Waals surface area (Å²) in [5.74, 6) is 0.881. The van der Waals surface area contributed by atoms with E-state index >= 15 is 0 Å². The number of nitrogens with zero attached hydrogens (tertiary/aromatic N) is 4. The molecule has 2 unspecified atom stereocenters. The summed E-state index contributed by atoms with van der Waals surface area (Å²) in [5, 5.41) is 16.6. The maximum absolute atomic E-state index is 8.63. The number of anilines is 1. The summed E-state index contributed by atoms with van der Waals surface area (Å²) in [6.45, 7) is 4.40. The Hall–Kier alpha value is -1.63. The smallest absolute Gasteiger partial charge is 0.163 e. The summed E-state index contributed by atoms with van der Waals surface area (Å²) >= 11 is 0. The number of rotatable bonds is 1. The molecule has 4 nitrogen and oxygen atoms in total. The first-order valence-electron chi connectivity index (χ1n) is 5.24. The quantitative estimate of drug-likeness (QED) is 0.695. The molecule has 4 heteroatoms. The molecule has 0 spiro atoms. The van der Waals surface area contributed by atoms with Crippen LogP contribution in [0.15, 0.2) is 12.1 Å². The fourth-order valence-electron chi connectivity index (χ4n) is 2.17. The first-order chi connectivity index (χ1) is 7.22. The van der Waals surface area contributed by atoms with Gasteiger partial charge in [-0.15, -0.1) is 10.2 Å². The molecule has 1 aromatic heterocycles. The molecule has 0 radical (unpaired) electrons. The third-order valence-electron chi connectivity index (χ3n) is 2.98. The highest BCUT2D eigenvalue weighted by atomic mass is 15.3. The lowest BCUT2D eigenvalue weighted by atomic mass is 10.2. The Labute approximate surface area is 89.5 Å². The summed E-state index contributed by atoms with van der Waals surface area (Å²) in [6.07, 6.45) is 2.39. The molecule has 1 aromatic rings. The summed E-state index contributed by atoms with van der Waals surface area (Å²) in [5.41, 5.74) is 0.373. The van der Waals surface area contributed by atoms with Gasteiger partial charge in [0.15, 0.2) is 11.5 Å². The molecule has 2 atom stereocenters. The molecule has 78 valence electrons. The van der Waals surface area contributed by atoms with Crippen molar-refractivity contribution in [1.82, 2.24) is 10.2 Å². The third-order valence-corrected chi connectivity index (χ3v) is 2.98. The lowest BCUT2D eigenvalue weighted by Gasteiger charge is -2.26. The normalized spacial score (nSPS) is 25.3. The van der Waals surface area contributed by atoms with Crippen LogP contribution in [0.1, 0.15) is 32.4 Å². The van der Waals surface area contributed by atoms with E-state index in [1.807, 2.05) is 12.1 Å². The first kappa shape index (κ1) is 9.91. The molecule has 1 aliphatic rings. The largest absolute Gasteiger partial charge is 0.350 e. The van der Waals surface area contributed by atoms with E-state index in [0.29, 0.717) is 17.8 Å². The zero-order valence-corrected chi connectivity index (χ0v) is 9.01. The molecule has 0 aliphatic carbocycles. The van der Waals surface area contributed by atoms with E-state index in [9.17, 15) is 0 Å². The van der Waals surface area contributed by atoms with Gasteiger partial charge in [0.1, 0.15) is 6.07 Å². The van der Waals surface area contributed by atoms with E-state index in [1.165, 1.54) is 12.8 Å². The van der Waals surface area contributed by atoms with Crippen molar-refractivity contribution in [2.75, 3.05) is 4.90 Å². The van der Waals surface area contributed by atoms with Gasteiger partial charge in [0, 0.05) is 12.1 Å². The van der Waals surface area contributed by atoms with Gasteiger partial charge in [-0.05, 0) is 38.8 Å². The second-order valence-corrected chi connectivity index (χ2v) is 4.07. The van der Waals surface area contributed by atoms with Crippen molar-refractivity contribution < 1.29 is 0 Å². The Kier molecular flexibility index (Phi) is 2.55. The number of aromatic nitrogens is 2. The van der Waals surface area contributed by atoms with Crippen molar-refractivity contribution in [3.8, 4) is 6.07 Å². The molecule has 0 bridgehead atoms. The van der Waals surface area contributed by atoms with Crippen molar-refractivity contribution in [3.63, 3.8) is 0 Å². The van der Waals surface area contributed by atoms with E-state index in [4.69, 9.17) is 5.26 Å². The van der Waals surface area contributed by atoms with E-state index in [1.54, 1.807) is 6.07 Å². The molecule has 1 fully saturated rings. The van der Waals surface area contributed by atoms with Gasteiger partial charge in [0.05, 0.1) is 0 Å². The monoisotopic (exact) mass is 202 g/mol. The van der Waals surface area contributed by atoms with Crippen LogP contribution in [-0.4, -0.2) is 22.3 Å². The molecule has 0 amide bonds. The van der Waals surface area contributed by atoms with Crippen molar-refractivity contribution >= 4 is 5.82 Å². The van der Waals surface area contributed by atoms with Crippen LogP contribution in [-0.2, 0) is 0 Å². The maximum Gasteiger partial charge on any atom is 0.163 e. The van der Waals surface area contributed by atoms with Crippen LogP contribution in [0.2, 0.25) is 0 Å². The predicted molar refractivity (Wildman–Crippen MR) is 57.4 cm³/mol. The zero-order chi connectivity index (χ0) is 10.8. The number of nitriles is 1. The molecule has 2 rings (SSSR count). The Morgan fingerprint density at radius 1 is 1.27 bits per heavy atom. The van der Waals surface area contributed by atoms with Gasteiger partial charge in [0.2, 0.25) is 0 Å². The minimum absolute atomic E-state index is 0.373. The van der Waals surface area contributed by atoms with E-state index in [0.717, 1.165) is 5.82 Å². The minimum atomic E-state index is 0.373. The topological polar surface area (TPSA) is 52.8 Å². The van der Waals surface area contributed by atoms with Crippen molar-refractivity contribution in [1.29, 1.82) is 5.26 Å². The summed E-state index contributed by atoms with van der Waals surface area (Å²) in [7, 11) is 0. The highest BCUT2D eigenvalue weighted by Crippen LogP contribution is 2.28. The van der Waals surface area contributed by atoms with Crippen molar-refractivity contribution in [3.05, 3.63) is 17.8 Å². The van der Waals surface area contributed by atoms with E-state index < -0.39 is 0 Å². The second kappa shape index (κ2) is 3.85. The summed E-state index contributed by atoms with van der Waals surface area (Å²) in [6, 6.07) is 6.61. The SMILES string of the molecule is CC1CCC(C)N1c1ccc(C#N)nn1. The van der Waals surface area contributed by atoms with E-state index in [2.05, 4.69) is 28.9 Å². The predicted octanol–water partition coefficient (Wildman–Crippen LogP) is 1.73. The van der Waals surface area contributed by atoms with Gasteiger partial charge in [-0.3, -0.25) is 0 Å². The highest BCUT2D eigenvalue weighted by molar-refractivity contribution is 5.42. The molecule has 1 aliphatic heterocycles. The lowest BCUT2D eigenvalue weighted by molar-refractivity contribution is 0.675. The van der Waals surface area contributed by atoms with Gasteiger partial charge in [0.25, 0.3) is 0 Å². The highest BCUT2D eigenvalue weighted by Gasteiger charge is 2.28. The molecule has 0 saturated carbocycles. The summed E-state index contributed by atoms with van der Waals surface area (Å²) < 4.78 is 0. The number of hydrogen-bond donors (Lipinski definition) is 0. The average Bonchev–Trinajstić information content (AvgIpc) is 2.59. The van der Waals surface area contributed by atoms with Crippen molar-refractivity contribution in [2.24, 2.45) is 0 Å². The second-order valence-electron chi connectivity index (χ2n) is 4.07. The average molecular weight is 202 g/mol. The molecule has 15 heavy (non-hydrogen) atoms. The van der Waals surface area contributed by atoms with Gasteiger partial charge in [-0.1, -0.05) is 0 Å².